The standard InChI is InChI=1S/C15H17N3/c1-3-13(2)16-9-15-10-17-18(12-15)11-14-7-5-4-6-8-14/h1,4-8,10,12-13,16H,9,11H2,2H3. The summed E-state index contributed by atoms with van der Waals surface area (Å²) in [6.45, 7) is 3.51. The fourth-order valence-electron chi connectivity index (χ4n) is 1.68. The van der Waals surface area contributed by atoms with Crippen molar-refractivity contribution >= 4 is 0 Å². The molecule has 1 N–H and O–H groups in total. The van der Waals surface area contributed by atoms with Crippen molar-refractivity contribution in [2.45, 2.75) is 26.1 Å². The van der Waals surface area contributed by atoms with E-state index in [-0.39, 0.29) is 6.04 Å². The lowest BCUT2D eigenvalue weighted by molar-refractivity contribution is 0.645. The van der Waals surface area contributed by atoms with E-state index in [1.54, 1.807) is 0 Å². The van der Waals surface area contributed by atoms with E-state index < -0.39 is 0 Å². The van der Waals surface area contributed by atoms with E-state index in [0.717, 1.165) is 18.7 Å². The fraction of sp³-hybridized carbons (Fsp3) is 0.267. The van der Waals surface area contributed by atoms with Crippen LogP contribution in [0.4, 0.5) is 0 Å². The molecule has 1 heterocycles. The molecule has 0 amide bonds. The Balaban J connectivity index is 1.93. The summed E-state index contributed by atoms with van der Waals surface area (Å²) in [7, 11) is 0. The second kappa shape index (κ2) is 6.04. The first kappa shape index (κ1) is 12.4. The molecule has 1 aromatic carbocycles. The molecule has 0 saturated carbocycles. The summed E-state index contributed by atoms with van der Waals surface area (Å²) in [5, 5.41) is 7.58. The van der Waals surface area contributed by atoms with Crippen LogP contribution in [0.15, 0.2) is 42.7 Å². The second-order valence-corrected chi connectivity index (χ2v) is 4.30. The summed E-state index contributed by atoms with van der Waals surface area (Å²) < 4.78 is 1.94. The van der Waals surface area contributed by atoms with Crippen LogP contribution in [0.3, 0.4) is 0 Å². The number of aromatic nitrogens is 2. The van der Waals surface area contributed by atoms with Crippen molar-refractivity contribution in [3.8, 4) is 12.3 Å². The second-order valence-electron chi connectivity index (χ2n) is 4.30. The number of hydrogen-bond acceptors (Lipinski definition) is 2. The molecule has 0 fully saturated rings. The molecule has 1 atom stereocenters. The quantitative estimate of drug-likeness (QED) is 0.809. The largest absolute Gasteiger partial charge is 0.300 e. The number of rotatable bonds is 5. The average Bonchev–Trinajstić information content (AvgIpc) is 2.85. The van der Waals surface area contributed by atoms with E-state index in [2.05, 4.69) is 28.5 Å². The van der Waals surface area contributed by atoms with Crippen molar-refractivity contribution in [1.82, 2.24) is 15.1 Å². The molecule has 1 aromatic heterocycles. The highest BCUT2D eigenvalue weighted by molar-refractivity contribution is 5.15. The van der Waals surface area contributed by atoms with Crippen molar-refractivity contribution in [3.05, 3.63) is 53.9 Å². The summed E-state index contributed by atoms with van der Waals surface area (Å²) in [5.74, 6) is 2.64. The van der Waals surface area contributed by atoms with E-state index in [1.807, 2.05) is 42.2 Å². The van der Waals surface area contributed by atoms with E-state index in [0.29, 0.717) is 0 Å². The van der Waals surface area contributed by atoms with Crippen LogP contribution in [0.25, 0.3) is 0 Å². The van der Waals surface area contributed by atoms with Gasteiger partial charge in [0.1, 0.15) is 0 Å². The molecule has 1 unspecified atom stereocenters. The van der Waals surface area contributed by atoms with Crippen LogP contribution < -0.4 is 5.32 Å². The normalized spacial score (nSPS) is 12.0. The topological polar surface area (TPSA) is 29.9 Å². The van der Waals surface area contributed by atoms with Gasteiger partial charge in [-0.25, -0.2) is 0 Å². The Hall–Kier alpha value is -2.05. The number of hydrogen-bond donors (Lipinski definition) is 1. The summed E-state index contributed by atoms with van der Waals surface area (Å²) in [6.07, 6.45) is 9.23. The van der Waals surface area contributed by atoms with Crippen molar-refractivity contribution in [2.24, 2.45) is 0 Å². The van der Waals surface area contributed by atoms with Crippen LogP contribution in [0.5, 0.6) is 0 Å². The van der Waals surface area contributed by atoms with Gasteiger partial charge in [-0.05, 0) is 12.5 Å². The highest BCUT2D eigenvalue weighted by Crippen LogP contribution is 2.04. The van der Waals surface area contributed by atoms with Gasteiger partial charge < -0.3 is 0 Å². The minimum absolute atomic E-state index is 0.0856. The van der Waals surface area contributed by atoms with Gasteiger partial charge in [0.25, 0.3) is 0 Å². The van der Waals surface area contributed by atoms with Crippen LogP contribution in [0, 0.1) is 12.3 Å². The first-order valence-electron chi connectivity index (χ1n) is 6.02. The summed E-state index contributed by atoms with van der Waals surface area (Å²) >= 11 is 0. The van der Waals surface area contributed by atoms with Gasteiger partial charge >= 0.3 is 0 Å². The smallest absolute Gasteiger partial charge is 0.0660 e. The lowest BCUT2D eigenvalue weighted by Crippen LogP contribution is -2.23. The third-order valence-electron chi connectivity index (χ3n) is 2.74. The van der Waals surface area contributed by atoms with Crippen molar-refractivity contribution in [3.63, 3.8) is 0 Å². The van der Waals surface area contributed by atoms with Crippen LogP contribution in [0.2, 0.25) is 0 Å². The highest BCUT2D eigenvalue weighted by Gasteiger charge is 2.01. The Bertz CT molecular complexity index is 522. The summed E-state index contributed by atoms with van der Waals surface area (Å²) in [4.78, 5) is 0. The van der Waals surface area contributed by atoms with Gasteiger partial charge in [0.2, 0.25) is 0 Å². The van der Waals surface area contributed by atoms with Crippen LogP contribution in [-0.2, 0) is 13.1 Å². The number of nitrogens with zero attached hydrogens (tertiary/aromatic N) is 2. The van der Waals surface area contributed by atoms with Crippen LogP contribution in [-0.4, -0.2) is 15.8 Å². The monoisotopic (exact) mass is 239 g/mol. The maximum absolute atomic E-state index is 5.31. The molecule has 0 aliphatic heterocycles. The van der Waals surface area contributed by atoms with E-state index >= 15 is 0 Å². The molecule has 2 rings (SSSR count). The first-order chi connectivity index (χ1) is 8.78. The first-order valence-corrected chi connectivity index (χ1v) is 6.02. The summed E-state index contributed by atoms with van der Waals surface area (Å²) in [6, 6.07) is 10.4. The van der Waals surface area contributed by atoms with Crippen molar-refractivity contribution < 1.29 is 0 Å². The Kier molecular flexibility index (Phi) is 4.16. The van der Waals surface area contributed by atoms with Gasteiger partial charge in [-0.3, -0.25) is 10.00 Å². The maximum atomic E-state index is 5.31. The van der Waals surface area contributed by atoms with E-state index in [1.165, 1.54) is 5.56 Å². The lowest BCUT2D eigenvalue weighted by Gasteiger charge is -2.04. The highest BCUT2D eigenvalue weighted by atomic mass is 15.3. The average molecular weight is 239 g/mol. The van der Waals surface area contributed by atoms with Gasteiger partial charge in [0.05, 0.1) is 18.8 Å². The molecule has 0 saturated heterocycles. The molecule has 92 valence electrons. The number of nitrogens with one attached hydrogen (secondary N) is 1. The number of terminal acetylenes is 1. The molecular formula is C15H17N3. The zero-order valence-corrected chi connectivity index (χ0v) is 10.5. The number of benzene rings is 1. The zero-order valence-electron chi connectivity index (χ0n) is 10.5. The minimum atomic E-state index is 0.0856. The molecule has 0 spiro atoms. The molecule has 3 nitrogen and oxygen atoms in total. The van der Waals surface area contributed by atoms with Gasteiger partial charge in [0.15, 0.2) is 0 Å². The van der Waals surface area contributed by atoms with Crippen molar-refractivity contribution in [1.29, 1.82) is 0 Å². The zero-order chi connectivity index (χ0) is 12.8. The molecule has 2 aromatic rings. The van der Waals surface area contributed by atoms with Gasteiger partial charge in [-0.2, -0.15) is 5.10 Å². The maximum Gasteiger partial charge on any atom is 0.0660 e. The predicted molar refractivity (Wildman–Crippen MR) is 72.9 cm³/mol. The predicted octanol–water partition coefficient (Wildman–Crippen LogP) is 2.04. The van der Waals surface area contributed by atoms with E-state index in [4.69, 9.17) is 6.42 Å². The molecular weight excluding hydrogens is 222 g/mol. The Morgan fingerprint density at radius 2 is 2.11 bits per heavy atom. The summed E-state index contributed by atoms with van der Waals surface area (Å²) in [5.41, 5.74) is 2.39. The third-order valence-corrected chi connectivity index (χ3v) is 2.74. The van der Waals surface area contributed by atoms with Gasteiger partial charge in [-0.1, -0.05) is 36.3 Å². The third kappa shape index (κ3) is 3.47. The Labute approximate surface area is 108 Å². The van der Waals surface area contributed by atoms with Crippen molar-refractivity contribution in [2.75, 3.05) is 0 Å². The Morgan fingerprint density at radius 1 is 1.33 bits per heavy atom. The minimum Gasteiger partial charge on any atom is -0.300 e. The molecule has 0 radical (unpaired) electrons. The SMILES string of the molecule is C#CC(C)NCc1cnn(Cc2ccccc2)c1. The van der Waals surface area contributed by atoms with Gasteiger partial charge in [-0.15, -0.1) is 6.42 Å². The molecule has 18 heavy (non-hydrogen) atoms. The van der Waals surface area contributed by atoms with Crippen LogP contribution in [0.1, 0.15) is 18.1 Å². The Morgan fingerprint density at radius 3 is 2.83 bits per heavy atom. The molecule has 0 bridgehead atoms. The molecule has 0 aliphatic rings. The van der Waals surface area contributed by atoms with E-state index in [9.17, 15) is 0 Å². The molecule has 3 heteroatoms. The fourth-order valence-corrected chi connectivity index (χ4v) is 1.68. The lowest BCUT2D eigenvalue weighted by atomic mass is 10.2. The van der Waals surface area contributed by atoms with Crippen LogP contribution >= 0.6 is 0 Å². The van der Waals surface area contributed by atoms with Gasteiger partial charge in [0, 0.05) is 18.3 Å². The molecule has 0 aliphatic carbocycles.